The highest BCUT2D eigenvalue weighted by molar-refractivity contribution is 6.22. The number of methoxy groups -OCH3 is 4. The van der Waals surface area contributed by atoms with Gasteiger partial charge in [-0.05, 0) is 145 Å². The molecule has 0 saturated heterocycles. The van der Waals surface area contributed by atoms with Crippen molar-refractivity contribution in [3.63, 3.8) is 0 Å². The Bertz CT molecular complexity index is 1830. The summed E-state index contributed by atoms with van der Waals surface area (Å²) in [5.74, 6) is 3.10. The van der Waals surface area contributed by atoms with Crippen molar-refractivity contribution in [1.29, 1.82) is 0 Å². The first-order chi connectivity index (χ1) is 23.5. The van der Waals surface area contributed by atoms with Gasteiger partial charge in [-0.2, -0.15) is 0 Å². The van der Waals surface area contributed by atoms with Gasteiger partial charge in [0.15, 0.2) is 5.78 Å². The molecule has 0 atom stereocenters. The van der Waals surface area contributed by atoms with Crippen molar-refractivity contribution in [1.82, 2.24) is 0 Å². The lowest BCUT2D eigenvalue weighted by atomic mass is 10.0. The number of benzene rings is 6. The zero-order valence-electron chi connectivity index (χ0n) is 27.1. The molecule has 7 rings (SSSR count). The number of hydrogen-bond acceptors (Lipinski definition) is 7. The van der Waals surface area contributed by atoms with Gasteiger partial charge in [0.2, 0.25) is 0 Å². The summed E-state index contributed by atoms with van der Waals surface area (Å²) in [4.78, 5) is 18.0. The van der Waals surface area contributed by atoms with E-state index in [-0.39, 0.29) is 5.78 Å². The van der Waals surface area contributed by atoms with Gasteiger partial charge in [0.1, 0.15) is 23.0 Å². The predicted molar refractivity (Wildman–Crippen MR) is 191 cm³/mol. The van der Waals surface area contributed by atoms with Crippen molar-refractivity contribution < 1.29 is 23.7 Å². The van der Waals surface area contributed by atoms with Gasteiger partial charge in [0, 0.05) is 45.3 Å². The van der Waals surface area contributed by atoms with E-state index in [0.717, 1.165) is 68.2 Å². The molecule has 7 nitrogen and oxygen atoms in total. The first-order valence-electron chi connectivity index (χ1n) is 15.5. The second kappa shape index (κ2) is 12.9. The van der Waals surface area contributed by atoms with Gasteiger partial charge in [0.25, 0.3) is 0 Å². The van der Waals surface area contributed by atoms with Gasteiger partial charge in [-0.25, -0.2) is 0 Å². The van der Waals surface area contributed by atoms with Crippen molar-refractivity contribution in [2.24, 2.45) is 0 Å². The molecule has 0 aromatic heterocycles. The molecule has 0 unspecified atom stereocenters. The molecule has 0 heterocycles. The van der Waals surface area contributed by atoms with Crippen LogP contribution in [0.2, 0.25) is 0 Å². The highest BCUT2D eigenvalue weighted by Crippen LogP contribution is 2.45. The van der Waals surface area contributed by atoms with Crippen molar-refractivity contribution in [2.75, 3.05) is 38.2 Å². The zero-order chi connectivity index (χ0) is 33.2. The minimum Gasteiger partial charge on any atom is -0.497 e. The van der Waals surface area contributed by atoms with Crippen LogP contribution in [-0.2, 0) is 0 Å². The van der Waals surface area contributed by atoms with E-state index in [1.807, 2.05) is 121 Å². The van der Waals surface area contributed by atoms with E-state index < -0.39 is 0 Å². The molecule has 1 aliphatic carbocycles. The normalized spacial score (nSPS) is 11.4. The molecule has 48 heavy (non-hydrogen) atoms. The highest BCUT2D eigenvalue weighted by Gasteiger charge is 2.29. The number of ether oxygens (including phenoxy) is 4. The van der Waals surface area contributed by atoms with Crippen LogP contribution >= 0.6 is 0 Å². The topological polar surface area (TPSA) is 60.5 Å². The lowest BCUT2D eigenvalue weighted by Crippen LogP contribution is -2.10. The maximum atomic E-state index is 13.7. The van der Waals surface area contributed by atoms with Crippen LogP contribution in [0.5, 0.6) is 23.0 Å². The minimum absolute atomic E-state index is 0.0130. The van der Waals surface area contributed by atoms with Gasteiger partial charge >= 0.3 is 0 Å². The molecule has 6 aromatic carbocycles. The molecule has 1 aliphatic rings. The standard InChI is InChI=1S/C41H34N2O5/c1-45-33-15-5-27(6-16-33)42(28-7-17-34(46-2)18-8-28)31-13-23-37-39(25-31)40-26-32(14-24-38(40)41(37)44)43(29-9-19-35(47-3)20-10-29)30-11-21-36(48-4)22-12-30/h5-26H,1-4H3. The minimum atomic E-state index is 0.0130. The van der Waals surface area contributed by atoms with E-state index in [9.17, 15) is 4.79 Å². The summed E-state index contributed by atoms with van der Waals surface area (Å²) in [5.41, 5.74) is 8.74. The number of carbonyl (C=O) groups excluding carboxylic acids is 1. The Morgan fingerprint density at radius 1 is 0.333 bits per heavy atom. The van der Waals surface area contributed by atoms with E-state index in [2.05, 4.69) is 21.9 Å². The molecule has 7 heteroatoms. The van der Waals surface area contributed by atoms with Crippen LogP contribution in [0.4, 0.5) is 34.1 Å². The molecule has 238 valence electrons. The largest absolute Gasteiger partial charge is 0.497 e. The summed E-state index contributed by atoms with van der Waals surface area (Å²) in [6, 6.07) is 43.8. The smallest absolute Gasteiger partial charge is 0.194 e. The molecular weight excluding hydrogens is 600 g/mol. The molecule has 0 amide bonds. The van der Waals surface area contributed by atoms with Crippen LogP contribution in [0.1, 0.15) is 15.9 Å². The fourth-order valence-electron chi connectivity index (χ4n) is 6.15. The number of nitrogens with zero attached hydrogens (tertiary/aromatic N) is 2. The van der Waals surface area contributed by atoms with E-state index in [0.29, 0.717) is 11.1 Å². The molecule has 0 aliphatic heterocycles. The highest BCUT2D eigenvalue weighted by atomic mass is 16.5. The fourth-order valence-corrected chi connectivity index (χ4v) is 6.15. The molecule has 0 bridgehead atoms. The summed E-state index contributed by atoms with van der Waals surface area (Å²) in [6.45, 7) is 0. The summed E-state index contributed by atoms with van der Waals surface area (Å²) in [7, 11) is 6.63. The monoisotopic (exact) mass is 634 g/mol. The average molecular weight is 635 g/mol. The van der Waals surface area contributed by atoms with E-state index in [4.69, 9.17) is 18.9 Å². The molecule has 0 saturated carbocycles. The summed E-state index contributed by atoms with van der Waals surface area (Å²) in [5, 5.41) is 0. The average Bonchev–Trinajstić information content (AvgIpc) is 3.43. The molecule has 0 radical (unpaired) electrons. The van der Waals surface area contributed by atoms with Crippen molar-refractivity contribution >= 4 is 39.9 Å². The third-order valence-corrected chi connectivity index (χ3v) is 8.62. The fraction of sp³-hybridized carbons (Fsp3) is 0.0976. The lowest BCUT2D eigenvalue weighted by molar-refractivity contribution is 0.104. The van der Waals surface area contributed by atoms with Crippen LogP contribution in [0.25, 0.3) is 11.1 Å². The molecular formula is C41H34N2O5. The first kappa shape index (κ1) is 30.4. The zero-order valence-corrected chi connectivity index (χ0v) is 27.1. The summed E-state index contributed by atoms with van der Waals surface area (Å²) < 4.78 is 21.7. The van der Waals surface area contributed by atoms with Gasteiger partial charge in [-0.3, -0.25) is 4.79 Å². The molecule has 6 aromatic rings. The van der Waals surface area contributed by atoms with Gasteiger partial charge < -0.3 is 28.7 Å². The summed E-state index contributed by atoms with van der Waals surface area (Å²) in [6.07, 6.45) is 0. The quantitative estimate of drug-likeness (QED) is 0.148. The Hall–Kier alpha value is -6.21. The second-order valence-electron chi connectivity index (χ2n) is 11.3. The maximum Gasteiger partial charge on any atom is 0.194 e. The van der Waals surface area contributed by atoms with E-state index in [1.165, 1.54) is 0 Å². The van der Waals surface area contributed by atoms with Gasteiger partial charge in [0.05, 0.1) is 28.4 Å². The summed E-state index contributed by atoms with van der Waals surface area (Å²) >= 11 is 0. The molecule has 0 N–H and O–H groups in total. The molecule has 0 spiro atoms. The Labute approximate surface area is 280 Å². The van der Waals surface area contributed by atoms with Crippen molar-refractivity contribution in [3.8, 4) is 34.1 Å². The molecule has 0 fully saturated rings. The SMILES string of the molecule is COc1ccc(N(c2ccc(OC)cc2)c2ccc3c(c2)-c2cc(N(c4ccc(OC)cc4)c4ccc(OC)cc4)ccc2C3=O)cc1. The first-order valence-corrected chi connectivity index (χ1v) is 15.5. The third kappa shape index (κ3) is 5.56. The van der Waals surface area contributed by atoms with Crippen molar-refractivity contribution in [3.05, 3.63) is 145 Å². The number of ketones is 1. The van der Waals surface area contributed by atoms with Crippen LogP contribution in [0.3, 0.4) is 0 Å². The van der Waals surface area contributed by atoms with Crippen molar-refractivity contribution in [2.45, 2.75) is 0 Å². The Morgan fingerprint density at radius 3 is 0.833 bits per heavy atom. The number of hydrogen-bond donors (Lipinski definition) is 0. The number of carbonyl (C=O) groups is 1. The number of anilines is 6. The third-order valence-electron chi connectivity index (χ3n) is 8.62. The predicted octanol–water partition coefficient (Wildman–Crippen LogP) is 9.87. The van der Waals surface area contributed by atoms with Crippen LogP contribution in [0.15, 0.2) is 133 Å². The van der Waals surface area contributed by atoms with E-state index in [1.54, 1.807) is 28.4 Å². The Balaban J connectivity index is 1.35. The Morgan fingerprint density at radius 2 is 0.583 bits per heavy atom. The maximum absolute atomic E-state index is 13.7. The van der Waals surface area contributed by atoms with Crippen LogP contribution < -0.4 is 28.7 Å². The van der Waals surface area contributed by atoms with Gasteiger partial charge in [-0.1, -0.05) is 0 Å². The Kier molecular flexibility index (Phi) is 8.17. The van der Waals surface area contributed by atoms with E-state index >= 15 is 0 Å². The lowest BCUT2D eigenvalue weighted by Gasteiger charge is -2.27. The second-order valence-corrected chi connectivity index (χ2v) is 11.3. The number of fused-ring (bicyclic) bond motifs is 3. The van der Waals surface area contributed by atoms with Crippen LogP contribution in [0, 0.1) is 0 Å². The number of rotatable bonds is 10. The van der Waals surface area contributed by atoms with Crippen LogP contribution in [-0.4, -0.2) is 34.2 Å². The van der Waals surface area contributed by atoms with Gasteiger partial charge in [-0.15, -0.1) is 0 Å².